The van der Waals surface area contributed by atoms with Crippen molar-refractivity contribution in [3.63, 3.8) is 0 Å². The molecule has 2 aromatic rings. The molecule has 0 amide bonds. The summed E-state index contributed by atoms with van der Waals surface area (Å²) in [7, 11) is 0. The van der Waals surface area contributed by atoms with E-state index in [1.165, 1.54) is 12.1 Å². The van der Waals surface area contributed by atoms with Gasteiger partial charge in [0.2, 0.25) is 5.60 Å². The smallest absolute Gasteiger partial charge is 0.217 e. The third kappa shape index (κ3) is 1.39. The van der Waals surface area contributed by atoms with E-state index in [0.717, 1.165) is 11.1 Å². The summed E-state index contributed by atoms with van der Waals surface area (Å²) >= 11 is 0. The van der Waals surface area contributed by atoms with Crippen LogP contribution in [0.5, 0.6) is 5.75 Å². The summed E-state index contributed by atoms with van der Waals surface area (Å²) in [4.78, 5) is 0. The lowest BCUT2D eigenvalue weighted by Crippen LogP contribution is -2.31. The zero-order valence-corrected chi connectivity index (χ0v) is 9.77. The van der Waals surface area contributed by atoms with Crippen molar-refractivity contribution in [2.24, 2.45) is 0 Å². The van der Waals surface area contributed by atoms with Crippen molar-refractivity contribution in [1.29, 1.82) is 5.26 Å². The van der Waals surface area contributed by atoms with Crippen molar-refractivity contribution in [1.82, 2.24) is 0 Å². The Morgan fingerprint density at radius 1 is 1.17 bits per heavy atom. The molecule has 1 unspecified atom stereocenters. The third-order valence-electron chi connectivity index (χ3n) is 3.20. The number of rotatable bonds is 0. The highest BCUT2D eigenvalue weighted by Crippen LogP contribution is 2.44. The van der Waals surface area contributed by atoms with E-state index in [2.05, 4.69) is 6.07 Å². The summed E-state index contributed by atoms with van der Waals surface area (Å²) in [5, 5.41) is 9.33. The summed E-state index contributed by atoms with van der Waals surface area (Å²) < 4.78 is 19.1. The molecule has 18 heavy (non-hydrogen) atoms. The predicted octanol–water partition coefficient (Wildman–Crippen LogP) is 3.62. The molecule has 88 valence electrons. The first-order valence-electron chi connectivity index (χ1n) is 5.64. The van der Waals surface area contributed by atoms with E-state index in [1.807, 2.05) is 24.3 Å². The lowest BCUT2D eigenvalue weighted by molar-refractivity contribution is 0.146. The molecular formula is C15H10FNO. The van der Waals surface area contributed by atoms with Gasteiger partial charge in [-0.15, -0.1) is 0 Å². The molecule has 1 atom stereocenters. The van der Waals surface area contributed by atoms with Crippen molar-refractivity contribution < 1.29 is 9.13 Å². The molecule has 3 rings (SSSR count). The van der Waals surface area contributed by atoms with E-state index in [-0.39, 0.29) is 5.82 Å². The predicted molar refractivity (Wildman–Crippen MR) is 65.4 cm³/mol. The fourth-order valence-corrected chi connectivity index (χ4v) is 2.29. The Morgan fingerprint density at radius 3 is 2.72 bits per heavy atom. The van der Waals surface area contributed by atoms with Crippen LogP contribution in [-0.4, -0.2) is 0 Å². The van der Waals surface area contributed by atoms with E-state index in [0.29, 0.717) is 11.3 Å². The normalized spacial score (nSPS) is 20.3. The third-order valence-corrected chi connectivity index (χ3v) is 3.20. The maximum absolute atomic E-state index is 13.3. The Bertz CT molecular complexity index is 674. The number of benzene rings is 2. The van der Waals surface area contributed by atoms with E-state index >= 15 is 0 Å². The highest BCUT2D eigenvalue weighted by Gasteiger charge is 2.36. The molecule has 0 aromatic heterocycles. The number of nitrogens with zero attached hydrogens (tertiary/aromatic N) is 1. The second-order valence-electron chi connectivity index (χ2n) is 4.43. The van der Waals surface area contributed by atoms with Crippen LogP contribution in [0.1, 0.15) is 12.5 Å². The Hall–Kier alpha value is -2.34. The monoisotopic (exact) mass is 239 g/mol. The average molecular weight is 239 g/mol. The number of halogens is 1. The largest absolute Gasteiger partial charge is 0.468 e. The second kappa shape index (κ2) is 3.58. The second-order valence-corrected chi connectivity index (χ2v) is 4.43. The topological polar surface area (TPSA) is 33.0 Å². The van der Waals surface area contributed by atoms with Gasteiger partial charge in [0, 0.05) is 11.1 Å². The highest BCUT2D eigenvalue weighted by molar-refractivity contribution is 5.77. The standard InChI is InChI=1S/C15H10FNO/c1-15(9-17)13-5-3-2-4-11(13)12-8-10(16)6-7-14(12)18-15/h2-8H,1H3. The van der Waals surface area contributed by atoms with Crippen LogP contribution in [-0.2, 0) is 5.60 Å². The van der Waals surface area contributed by atoms with Gasteiger partial charge in [0.1, 0.15) is 17.6 Å². The SMILES string of the molecule is CC1(C#N)Oc2ccc(F)cc2-c2ccccc21. The van der Waals surface area contributed by atoms with E-state index in [1.54, 1.807) is 13.0 Å². The van der Waals surface area contributed by atoms with Gasteiger partial charge in [-0.25, -0.2) is 4.39 Å². The molecule has 3 heteroatoms. The van der Waals surface area contributed by atoms with E-state index in [4.69, 9.17) is 4.74 Å². The van der Waals surface area contributed by atoms with Crippen molar-refractivity contribution in [3.8, 4) is 22.9 Å². The van der Waals surface area contributed by atoms with Gasteiger partial charge in [-0.2, -0.15) is 5.26 Å². The van der Waals surface area contributed by atoms with Crippen LogP contribution in [0, 0.1) is 17.1 Å². The molecule has 2 nitrogen and oxygen atoms in total. The summed E-state index contributed by atoms with van der Waals surface area (Å²) in [6.45, 7) is 1.72. The van der Waals surface area contributed by atoms with Gasteiger partial charge < -0.3 is 4.74 Å². The number of hydrogen-bond acceptors (Lipinski definition) is 2. The zero-order chi connectivity index (χ0) is 12.8. The molecule has 1 aliphatic rings. The zero-order valence-electron chi connectivity index (χ0n) is 9.77. The van der Waals surface area contributed by atoms with Gasteiger partial charge in [-0.3, -0.25) is 0 Å². The van der Waals surface area contributed by atoms with Gasteiger partial charge in [-0.05, 0) is 30.7 Å². The number of fused-ring (bicyclic) bond motifs is 3. The van der Waals surface area contributed by atoms with Crippen molar-refractivity contribution >= 4 is 0 Å². The molecule has 0 spiro atoms. The summed E-state index contributed by atoms with van der Waals surface area (Å²) in [5.74, 6) is 0.229. The van der Waals surface area contributed by atoms with Crippen LogP contribution in [0.4, 0.5) is 4.39 Å². The van der Waals surface area contributed by atoms with Crippen molar-refractivity contribution in [3.05, 3.63) is 53.8 Å². The highest BCUT2D eigenvalue weighted by atomic mass is 19.1. The Kier molecular flexibility index (Phi) is 2.14. The number of hydrogen-bond donors (Lipinski definition) is 0. The Balaban J connectivity index is 2.34. The lowest BCUT2D eigenvalue weighted by atomic mass is 9.86. The van der Waals surface area contributed by atoms with Crippen LogP contribution < -0.4 is 4.74 Å². The molecule has 2 aromatic carbocycles. The van der Waals surface area contributed by atoms with Gasteiger partial charge >= 0.3 is 0 Å². The lowest BCUT2D eigenvalue weighted by Gasteiger charge is -2.32. The van der Waals surface area contributed by atoms with Crippen molar-refractivity contribution in [2.45, 2.75) is 12.5 Å². The fourth-order valence-electron chi connectivity index (χ4n) is 2.29. The Morgan fingerprint density at radius 2 is 1.94 bits per heavy atom. The molecule has 1 heterocycles. The van der Waals surface area contributed by atoms with Crippen LogP contribution in [0.2, 0.25) is 0 Å². The molecular weight excluding hydrogens is 229 g/mol. The summed E-state index contributed by atoms with van der Waals surface area (Å²) in [6.07, 6.45) is 0. The molecule has 0 saturated heterocycles. The molecule has 0 fully saturated rings. The van der Waals surface area contributed by atoms with Crippen LogP contribution in [0.25, 0.3) is 11.1 Å². The van der Waals surface area contributed by atoms with E-state index in [9.17, 15) is 9.65 Å². The average Bonchev–Trinajstić information content (AvgIpc) is 2.40. The van der Waals surface area contributed by atoms with Gasteiger partial charge in [0.15, 0.2) is 0 Å². The minimum absolute atomic E-state index is 0.312. The number of ether oxygens (including phenoxy) is 1. The minimum Gasteiger partial charge on any atom is -0.468 e. The molecule has 0 radical (unpaired) electrons. The van der Waals surface area contributed by atoms with E-state index < -0.39 is 5.60 Å². The molecule has 0 N–H and O–H groups in total. The van der Waals surface area contributed by atoms with Gasteiger partial charge in [0.25, 0.3) is 0 Å². The first-order valence-corrected chi connectivity index (χ1v) is 5.64. The van der Waals surface area contributed by atoms with Crippen LogP contribution in [0.3, 0.4) is 0 Å². The first kappa shape index (κ1) is 10.8. The molecule has 0 saturated carbocycles. The maximum atomic E-state index is 13.3. The summed E-state index contributed by atoms with van der Waals surface area (Å²) in [6, 6.07) is 14.0. The fraction of sp³-hybridized carbons (Fsp3) is 0.133. The van der Waals surface area contributed by atoms with Crippen LogP contribution >= 0.6 is 0 Å². The first-order chi connectivity index (χ1) is 8.64. The minimum atomic E-state index is -1.03. The Labute approximate surface area is 104 Å². The molecule has 0 bridgehead atoms. The summed E-state index contributed by atoms with van der Waals surface area (Å²) in [5.41, 5.74) is 1.28. The maximum Gasteiger partial charge on any atom is 0.217 e. The number of nitriles is 1. The molecule has 0 aliphatic carbocycles. The van der Waals surface area contributed by atoms with Crippen LogP contribution in [0.15, 0.2) is 42.5 Å². The molecule has 1 aliphatic heterocycles. The quantitative estimate of drug-likeness (QED) is 0.703. The van der Waals surface area contributed by atoms with Gasteiger partial charge in [0.05, 0.1) is 0 Å². The van der Waals surface area contributed by atoms with Crippen molar-refractivity contribution in [2.75, 3.05) is 0 Å². The van der Waals surface area contributed by atoms with Gasteiger partial charge in [-0.1, -0.05) is 24.3 Å².